The van der Waals surface area contributed by atoms with Crippen molar-refractivity contribution in [2.75, 3.05) is 5.43 Å². The Hall–Kier alpha value is -1.94. The molecule has 0 aliphatic carbocycles. The molecule has 1 aromatic heterocycles. The Morgan fingerprint density at radius 1 is 1.24 bits per heavy atom. The predicted octanol–water partition coefficient (Wildman–Crippen LogP) is 3.21. The number of nitrogens with zero attached hydrogens (tertiary/aromatic N) is 3. The Morgan fingerprint density at radius 3 is 2.65 bits per heavy atom. The van der Waals surface area contributed by atoms with Crippen LogP contribution in [0.25, 0.3) is 11.3 Å². The molecule has 0 bridgehead atoms. The molecule has 0 amide bonds. The summed E-state index contributed by atoms with van der Waals surface area (Å²) < 4.78 is 0. The number of nitrogens with one attached hydrogen (secondary N) is 1. The number of anilines is 1. The lowest BCUT2D eigenvalue weighted by Gasteiger charge is -2.04. The first-order chi connectivity index (χ1) is 8.31. The molecule has 0 fully saturated rings. The third-order valence-corrected chi connectivity index (χ3v) is 2.39. The summed E-state index contributed by atoms with van der Waals surface area (Å²) in [5, 5.41) is 12.5. The van der Waals surface area contributed by atoms with Crippen LogP contribution in [0.15, 0.2) is 41.5 Å². The highest BCUT2D eigenvalue weighted by atomic mass is 35.5. The zero-order valence-electron chi connectivity index (χ0n) is 9.26. The molecule has 2 aromatic rings. The van der Waals surface area contributed by atoms with Gasteiger partial charge in [0.25, 0.3) is 0 Å². The molecule has 0 aliphatic rings. The Kier molecular flexibility index (Phi) is 3.67. The molecule has 1 aromatic carbocycles. The minimum Gasteiger partial charge on any atom is -0.260 e. The maximum Gasteiger partial charge on any atom is 0.170 e. The van der Waals surface area contributed by atoms with E-state index < -0.39 is 0 Å². The van der Waals surface area contributed by atoms with Gasteiger partial charge in [0.2, 0.25) is 0 Å². The average Bonchev–Trinajstić information content (AvgIpc) is 2.37. The van der Waals surface area contributed by atoms with E-state index in [9.17, 15) is 0 Å². The van der Waals surface area contributed by atoms with Gasteiger partial charge >= 0.3 is 0 Å². The van der Waals surface area contributed by atoms with Crippen molar-refractivity contribution in [2.45, 2.75) is 6.92 Å². The number of hydrogen-bond donors (Lipinski definition) is 1. The highest BCUT2D eigenvalue weighted by molar-refractivity contribution is 6.33. The zero-order chi connectivity index (χ0) is 12.1. The van der Waals surface area contributed by atoms with Crippen molar-refractivity contribution in [3.63, 3.8) is 0 Å². The molecule has 0 radical (unpaired) electrons. The van der Waals surface area contributed by atoms with Crippen LogP contribution in [0.3, 0.4) is 0 Å². The fraction of sp³-hybridized carbons (Fsp3) is 0.0833. The molecule has 5 heteroatoms. The van der Waals surface area contributed by atoms with Crippen molar-refractivity contribution in [2.24, 2.45) is 5.10 Å². The first-order valence-corrected chi connectivity index (χ1v) is 5.51. The summed E-state index contributed by atoms with van der Waals surface area (Å²) in [5.41, 5.74) is 4.33. The third kappa shape index (κ3) is 2.79. The second kappa shape index (κ2) is 5.41. The van der Waals surface area contributed by atoms with Crippen LogP contribution in [-0.4, -0.2) is 16.4 Å². The summed E-state index contributed by atoms with van der Waals surface area (Å²) in [5.74, 6) is 0.521. The lowest BCUT2D eigenvalue weighted by molar-refractivity contribution is 1.03. The van der Waals surface area contributed by atoms with Gasteiger partial charge in [-0.1, -0.05) is 41.9 Å². The Morgan fingerprint density at radius 2 is 2.00 bits per heavy atom. The van der Waals surface area contributed by atoms with Crippen LogP contribution in [0.4, 0.5) is 5.82 Å². The van der Waals surface area contributed by atoms with Gasteiger partial charge in [0.05, 0.1) is 5.02 Å². The molecule has 0 spiro atoms. The second-order valence-corrected chi connectivity index (χ2v) is 3.70. The first-order valence-electron chi connectivity index (χ1n) is 5.13. The van der Waals surface area contributed by atoms with E-state index in [4.69, 9.17) is 11.6 Å². The van der Waals surface area contributed by atoms with Crippen molar-refractivity contribution in [3.05, 3.63) is 41.4 Å². The molecule has 0 saturated heterocycles. The average molecular weight is 247 g/mol. The van der Waals surface area contributed by atoms with E-state index in [1.165, 1.54) is 0 Å². The minimum atomic E-state index is 0.521. The summed E-state index contributed by atoms with van der Waals surface area (Å²) in [6.45, 7) is 1.81. The van der Waals surface area contributed by atoms with Crippen LogP contribution in [0.1, 0.15) is 6.92 Å². The molecule has 17 heavy (non-hydrogen) atoms. The smallest absolute Gasteiger partial charge is 0.170 e. The van der Waals surface area contributed by atoms with Gasteiger partial charge in [0.15, 0.2) is 5.82 Å². The molecule has 1 heterocycles. The zero-order valence-corrected chi connectivity index (χ0v) is 10.0. The quantitative estimate of drug-likeness (QED) is 0.668. The predicted molar refractivity (Wildman–Crippen MR) is 70.3 cm³/mol. The van der Waals surface area contributed by atoms with Crippen molar-refractivity contribution in [3.8, 4) is 11.3 Å². The molecular weight excluding hydrogens is 236 g/mol. The van der Waals surface area contributed by atoms with Gasteiger partial charge < -0.3 is 0 Å². The molecule has 0 unspecified atom stereocenters. The topological polar surface area (TPSA) is 50.2 Å². The normalized spacial score (nSPS) is 10.7. The van der Waals surface area contributed by atoms with Crippen molar-refractivity contribution in [1.82, 2.24) is 10.2 Å². The Labute approximate surface area is 104 Å². The van der Waals surface area contributed by atoms with Crippen LogP contribution in [0, 0.1) is 0 Å². The summed E-state index contributed by atoms with van der Waals surface area (Å²) in [6, 6.07) is 11.4. The monoisotopic (exact) mass is 246 g/mol. The molecule has 86 valence electrons. The van der Waals surface area contributed by atoms with Crippen LogP contribution < -0.4 is 5.43 Å². The van der Waals surface area contributed by atoms with Crippen molar-refractivity contribution >= 4 is 23.6 Å². The number of halogens is 1. The maximum atomic E-state index is 6.15. The van der Waals surface area contributed by atoms with E-state index in [0.717, 1.165) is 5.56 Å². The summed E-state index contributed by atoms with van der Waals surface area (Å²) in [6.07, 6.45) is 1.63. The van der Waals surface area contributed by atoms with Gasteiger partial charge in [-0.25, -0.2) is 0 Å². The number of aromatic nitrogens is 2. The van der Waals surface area contributed by atoms with Gasteiger partial charge in [-0.3, -0.25) is 5.43 Å². The number of hydrogen-bond acceptors (Lipinski definition) is 4. The van der Waals surface area contributed by atoms with Gasteiger partial charge in [0.1, 0.15) is 5.69 Å². The first kappa shape index (κ1) is 11.5. The molecule has 0 saturated carbocycles. The van der Waals surface area contributed by atoms with Crippen LogP contribution in [-0.2, 0) is 0 Å². The van der Waals surface area contributed by atoms with E-state index >= 15 is 0 Å². The summed E-state index contributed by atoms with van der Waals surface area (Å²) in [4.78, 5) is 0. The minimum absolute atomic E-state index is 0.521. The second-order valence-electron chi connectivity index (χ2n) is 3.29. The molecular formula is C12H11ClN4. The van der Waals surface area contributed by atoms with Crippen LogP contribution >= 0.6 is 11.6 Å². The SMILES string of the molecule is C/C=N/Nc1cc(Cl)c(-c2ccccc2)nn1. The van der Waals surface area contributed by atoms with Gasteiger partial charge in [-0.05, 0) is 6.92 Å². The van der Waals surface area contributed by atoms with E-state index in [1.54, 1.807) is 19.2 Å². The summed E-state index contributed by atoms with van der Waals surface area (Å²) >= 11 is 6.15. The molecule has 1 N–H and O–H groups in total. The highest BCUT2D eigenvalue weighted by Crippen LogP contribution is 2.26. The Balaban J connectivity index is 2.32. The number of rotatable bonds is 3. The maximum absolute atomic E-state index is 6.15. The third-order valence-electron chi connectivity index (χ3n) is 2.10. The van der Waals surface area contributed by atoms with E-state index in [0.29, 0.717) is 16.5 Å². The Bertz CT molecular complexity index is 525. The van der Waals surface area contributed by atoms with Crippen LogP contribution in [0.5, 0.6) is 0 Å². The van der Waals surface area contributed by atoms with Crippen molar-refractivity contribution < 1.29 is 0 Å². The van der Waals surface area contributed by atoms with E-state index in [1.807, 2.05) is 30.3 Å². The van der Waals surface area contributed by atoms with Gasteiger partial charge in [0, 0.05) is 17.8 Å². The number of hydrazone groups is 1. The van der Waals surface area contributed by atoms with Crippen LogP contribution in [0.2, 0.25) is 5.02 Å². The molecule has 4 nitrogen and oxygen atoms in total. The van der Waals surface area contributed by atoms with E-state index in [-0.39, 0.29) is 0 Å². The fourth-order valence-corrected chi connectivity index (χ4v) is 1.60. The molecule has 2 rings (SSSR count). The van der Waals surface area contributed by atoms with Gasteiger partial charge in [-0.15, -0.1) is 10.2 Å². The summed E-state index contributed by atoms with van der Waals surface area (Å²) in [7, 11) is 0. The highest BCUT2D eigenvalue weighted by Gasteiger charge is 2.06. The molecule has 0 atom stereocenters. The lowest BCUT2D eigenvalue weighted by atomic mass is 10.1. The van der Waals surface area contributed by atoms with Crippen molar-refractivity contribution in [1.29, 1.82) is 0 Å². The fourth-order valence-electron chi connectivity index (χ4n) is 1.35. The van der Waals surface area contributed by atoms with Gasteiger partial charge in [-0.2, -0.15) is 5.10 Å². The standard InChI is InChI=1S/C12H11ClN4/c1-2-14-15-11-8-10(13)12(17-16-11)9-6-4-3-5-7-9/h2-8H,1H3,(H,15,16)/b14-2+. The van der Waals surface area contributed by atoms with E-state index in [2.05, 4.69) is 20.7 Å². The lowest BCUT2D eigenvalue weighted by Crippen LogP contribution is -1.96. The largest absolute Gasteiger partial charge is 0.260 e. The number of benzene rings is 1. The molecule has 0 aliphatic heterocycles.